The molecule has 3 aromatic rings. The van der Waals surface area contributed by atoms with Crippen LogP contribution in [0.3, 0.4) is 0 Å². The molecule has 1 heterocycles. The van der Waals surface area contributed by atoms with Crippen LogP contribution >= 0.6 is 27.3 Å². The van der Waals surface area contributed by atoms with E-state index >= 15 is 0 Å². The minimum atomic E-state index is 0.202. The molecule has 0 fully saturated rings. The van der Waals surface area contributed by atoms with Crippen LogP contribution in [0.5, 0.6) is 0 Å². The summed E-state index contributed by atoms with van der Waals surface area (Å²) < 4.78 is 1.15. The predicted molar refractivity (Wildman–Crippen MR) is 106 cm³/mol. The number of benzene rings is 2. The summed E-state index contributed by atoms with van der Waals surface area (Å²) in [7, 11) is 0. The summed E-state index contributed by atoms with van der Waals surface area (Å²) in [6.07, 6.45) is 0. The normalized spacial score (nSPS) is 12.5. The van der Waals surface area contributed by atoms with Gasteiger partial charge in [0.25, 0.3) is 0 Å². The number of thiophene rings is 1. The van der Waals surface area contributed by atoms with Crippen LogP contribution < -0.4 is 5.73 Å². The van der Waals surface area contributed by atoms with E-state index in [9.17, 15) is 0 Å². The molecule has 0 spiro atoms. The summed E-state index contributed by atoms with van der Waals surface area (Å²) in [4.78, 5) is 2.46. The Labute approximate surface area is 156 Å². The van der Waals surface area contributed by atoms with Gasteiger partial charge in [-0.1, -0.05) is 60.7 Å². The zero-order chi connectivity index (χ0) is 16.8. The van der Waals surface area contributed by atoms with Crippen LogP contribution in [-0.4, -0.2) is 11.4 Å². The summed E-state index contributed by atoms with van der Waals surface area (Å²) in [6.45, 7) is 2.36. The SMILES string of the molecule is NCC(c1csc(Br)c1)N(Cc1ccccc1)Cc1ccccc1. The van der Waals surface area contributed by atoms with Gasteiger partial charge in [-0.05, 0) is 44.1 Å². The van der Waals surface area contributed by atoms with Gasteiger partial charge >= 0.3 is 0 Å². The molecule has 0 bridgehead atoms. The Kier molecular flexibility index (Phi) is 6.21. The van der Waals surface area contributed by atoms with Crippen molar-refractivity contribution in [2.45, 2.75) is 19.1 Å². The summed E-state index contributed by atoms with van der Waals surface area (Å²) in [6, 6.07) is 23.6. The average Bonchev–Trinajstić information content (AvgIpc) is 3.03. The third-order valence-electron chi connectivity index (χ3n) is 4.09. The van der Waals surface area contributed by atoms with E-state index in [0.29, 0.717) is 6.54 Å². The van der Waals surface area contributed by atoms with Gasteiger partial charge in [0.1, 0.15) is 0 Å². The quantitative estimate of drug-likeness (QED) is 0.589. The van der Waals surface area contributed by atoms with Crippen LogP contribution in [0.1, 0.15) is 22.7 Å². The zero-order valence-electron chi connectivity index (χ0n) is 13.4. The highest BCUT2D eigenvalue weighted by Gasteiger charge is 2.21. The van der Waals surface area contributed by atoms with Crippen LogP contribution in [0.25, 0.3) is 0 Å². The molecular formula is C20H21BrN2S. The van der Waals surface area contributed by atoms with Gasteiger partial charge in [-0.2, -0.15) is 0 Å². The maximum absolute atomic E-state index is 6.17. The lowest BCUT2D eigenvalue weighted by molar-refractivity contribution is 0.183. The Morgan fingerprint density at radius 2 is 1.46 bits per heavy atom. The fraction of sp³-hybridized carbons (Fsp3) is 0.200. The predicted octanol–water partition coefficient (Wildman–Crippen LogP) is 5.21. The van der Waals surface area contributed by atoms with Crippen molar-refractivity contribution in [2.24, 2.45) is 5.73 Å². The fourth-order valence-electron chi connectivity index (χ4n) is 2.91. The van der Waals surface area contributed by atoms with Crippen LogP contribution in [0, 0.1) is 0 Å². The minimum absolute atomic E-state index is 0.202. The highest BCUT2D eigenvalue weighted by molar-refractivity contribution is 9.11. The Balaban J connectivity index is 1.87. The number of hydrogen-bond donors (Lipinski definition) is 1. The molecule has 0 saturated carbocycles. The molecular weight excluding hydrogens is 380 g/mol. The molecule has 1 aromatic heterocycles. The first-order valence-electron chi connectivity index (χ1n) is 8.02. The van der Waals surface area contributed by atoms with Gasteiger partial charge in [-0.3, -0.25) is 4.90 Å². The summed E-state index contributed by atoms with van der Waals surface area (Å²) in [5, 5.41) is 2.20. The number of hydrogen-bond acceptors (Lipinski definition) is 3. The van der Waals surface area contributed by atoms with Crippen LogP contribution in [0.4, 0.5) is 0 Å². The molecule has 124 valence electrons. The third-order valence-corrected chi connectivity index (χ3v) is 5.62. The second kappa shape index (κ2) is 8.58. The first-order chi connectivity index (χ1) is 11.8. The van der Waals surface area contributed by atoms with Gasteiger partial charge in [0.2, 0.25) is 0 Å². The Hall–Kier alpha value is -1.46. The van der Waals surface area contributed by atoms with Crippen molar-refractivity contribution in [3.63, 3.8) is 0 Å². The van der Waals surface area contributed by atoms with Crippen molar-refractivity contribution in [2.75, 3.05) is 6.54 Å². The molecule has 2 aromatic carbocycles. The van der Waals surface area contributed by atoms with Crippen LogP contribution in [0.15, 0.2) is 75.9 Å². The van der Waals surface area contributed by atoms with Gasteiger partial charge < -0.3 is 5.73 Å². The maximum Gasteiger partial charge on any atom is 0.0701 e. The Morgan fingerprint density at radius 1 is 0.917 bits per heavy atom. The maximum atomic E-state index is 6.17. The molecule has 1 unspecified atom stereocenters. The van der Waals surface area contributed by atoms with Crippen molar-refractivity contribution in [1.82, 2.24) is 4.90 Å². The topological polar surface area (TPSA) is 29.3 Å². The smallest absolute Gasteiger partial charge is 0.0701 e. The van der Waals surface area contributed by atoms with Gasteiger partial charge in [-0.25, -0.2) is 0 Å². The van der Waals surface area contributed by atoms with Gasteiger partial charge in [0.15, 0.2) is 0 Å². The molecule has 0 saturated heterocycles. The first kappa shape index (κ1) is 17.4. The number of halogens is 1. The standard InChI is InChI=1S/C20H21BrN2S/c21-20-11-18(15-24-20)19(12-22)23(13-16-7-3-1-4-8-16)14-17-9-5-2-6-10-17/h1-11,15,19H,12-14,22H2. The fourth-order valence-corrected chi connectivity index (χ4v) is 4.13. The van der Waals surface area contributed by atoms with E-state index in [1.165, 1.54) is 16.7 Å². The molecule has 0 aliphatic rings. The van der Waals surface area contributed by atoms with Gasteiger partial charge in [-0.15, -0.1) is 11.3 Å². The van der Waals surface area contributed by atoms with Crippen molar-refractivity contribution >= 4 is 27.3 Å². The number of nitrogens with two attached hydrogens (primary N) is 1. The van der Waals surface area contributed by atoms with Gasteiger partial charge in [0, 0.05) is 25.7 Å². The van der Waals surface area contributed by atoms with Crippen LogP contribution in [0.2, 0.25) is 0 Å². The lowest BCUT2D eigenvalue weighted by Crippen LogP contribution is -2.32. The largest absolute Gasteiger partial charge is 0.329 e. The molecule has 0 aliphatic heterocycles. The molecule has 4 heteroatoms. The van der Waals surface area contributed by atoms with Crippen molar-refractivity contribution < 1.29 is 0 Å². The lowest BCUT2D eigenvalue weighted by Gasteiger charge is -2.31. The van der Waals surface area contributed by atoms with Crippen molar-refractivity contribution in [3.8, 4) is 0 Å². The van der Waals surface area contributed by atoms with Crippen LogP contribution in [-0.2, 0) is 13.1 Å². The molecule has 1 atom stereocenters. The lowest BCUT2D eigenvalue weighted by atomic mass is 10.1. The molecule has 0 amide bonds. The third kappa shape index (κ3) is 4.54. The van der Waals surface area contributed by atoms with Crippen molar-refractivity contribution in [3.05, 3.63) is 92.6 Å². The second-order valence-electron chi connectivity index (χ2n) is 5.81. The first-order valence-corrected chi connectivity index (χ1v) is 9.69. The summed E-state index contributed by atoms with van der Waals surface area (Å²) in [5.41, 5.74) is 10.1. The summed E-state index contributed by atoms with van der Waals surface area (Å²) >= 11 is 5.28. The zero-order valence-corrected chi connectivity index (χ0v) is 15.8. The van der Waals surface area contributed by atoms with E-state index in [-0.39, 0.29) is 6.04 Å². The van der Waals surface area contributed by atoms with Crippen molar-refractivity contribution in [1.29, 1.82) is 0 Å². The highest BCUT2D eigenvalue weighted by atomic mass is 79.9. The van der Waals surface area contributed by atoms with E-state index < -0.39 is 0 Å². The monoisotopic (exact) mass is 400 g/mol. The molecule has 2 N–H and O–H groups in total. The number of nitrogens with zero attached hydrogens (tertiary/aromatic N) is 1. The molecule has 3 rings (SSSR count). The highest BCUT2D eigenvalue weighted by Crippen LogP contribution is 2.30. The van der Waals surface area contributed by atoms with E-state index in [1.54, 1.807) is 11.3 Å². The van der Waals surface area contributed by atoms with E-state index in [0.717, 1.165) is 16.9 Å². The van der Waals surface area contributed by atoms with E-state index in [4.69, 9.17) is 5.73 Å². The Bertz CT molecular complexity index is 701. The molecule has 0 radical (unpaired) electrons. The van der Waals surface area contributed by atoms with E-state index in [1.807, 2.05) is 0 Å². The molecule has 2 nitrogen and oxygen atoms in total. The molecule has 24 heavy (non-hydrogen) atoms. The van der Waals surface area contributed by atoms with E-state index in [2.05, 4.69) is 92.9 Å². The Morgan fingerprint density at radius 3 is 1.88 bits per heavy atom. The average molecular weight is 401 g/mol. The summed E-state index contributed by atoms with van der Waals surface area (Å²) in [5.74, 6) is 0. The molecule has 0 aliphatic carbocycles. The van der Waals surface area contributed by atoms with Gasteiger partial charge in [0.05, 0.1) is 3.79 Å². The number of rotatable bonds is 7. The minimum Gasteiger partial charge on any atom is -0.329 e. The second-order valence-corrected chi connectivity index (χ2v) is 8.10.